The summed E-state index contributed by atoms with van der Waals surface area (Å²) in [6.07, 6.45) is -33.2. The normalized spacial score (nSPS) is 14.7. The van der Waals surface area contributed by atoms with Crippen molar-refractivity contribution in [1.82, 2.24) is 6.15 Å². The second-order valence-corrected chi connectivity index (χ2v) is 2.87. The first kappa shape index (κ1) is 23.3. The van der Waals surface area contributed by atoms with Crippen LogP contribution in [0.1, 0.15) is 0 Å². The number of alkyl halides is 11. The highest BCUT2D eigenvalue weighted by Crippen LogP contribution is 2.47. The third-order valence-corrected chi connectivity index (χ3v) is 1.31. The Morgan fingerprint density at radius 3 is 1.27 bits per heavy atom. The second-order valence-electron chi connectivity index (χ2n) is 2.87. The lowest BCUT2D eigenvalue weighted by atomic mass is 10.5. The van der Waals surface area contributed by atoms with Gasteiger partial charge in [-0.3, -0.25) is 0 Å². The summed E-state index contributed by atoms with van der Waals surface area (Å²) in [4.78, 5) is 2.18. The van der Waals surface area contributed by atoms with Crippen molar-refractivity contribution in [3.63, 3.8) is 0 Å². The van der Waals surface area contributed by atoms with E-state index in [9.17, 15) is 48.3 Å². The molecule has 0 atom stereocenters. The first-order valence-electron chi connectivity index (χ1n) is 3.95. The molecular weight excluding hydrogens is 363 g/mol. The Hall–Kier alpha value is -1.01. The molecule has 0 aromatic heterocycles. The van der Waals surface area contributed by atoms with Gasteiger partial charge < -0.3 is 6.15 Å². The molecule has 0 saturated carbocycles. The molecule has 136 valence electrons. The fourth-order valence-corrected chi connectivity index (χ4v) is 0.547. The van der Waals surface area contributed by atoms with Gasteiger partial charge in [0.05, 0.1) is 0 Å². The van der Waals surface area contributed by atoms with E-state index < -0.39 is 30.8 Å². The van der Waals surface area contributed by atoms with Gasteiger partial charge in [0.1, 0.15) is 0 Å². The summed E-state index contributed by atoms with van der Waals surface area (Å²) in [5.41, 5.74) is 0. The number of hydrogen-bond acceptors (Lipinski definition) is 6. The summed E-state index contributed by atoms with van der Waals surface area (Å²) < 4.78 is 136. The van der Waals surface area contributed by atoms with Crippen molar-refractivity contribution in [1.29, 1.82) is 0 Å². The van der Waals surface area contributed by atoms with Crippen molar-refractivity contribution >= 4 is 0 Å². The maximum Gasteiger partial charge on any atom is 0.519 e. The zero-order valence-electron chi connectivity index (χ0n) is 9.44. The van der Waals surface area contributed by atoms with E-state index in [0.29, 0.717) is 0 Å². The molecule has 17 heteroatoms. The zero-order chi connectivity index (χ0) is 17.3. The van der Waals surface area contributed by atoms with Crippen molar-refractivity contribution in [3.05, 3.63) is 0 Å². The Labute approximate surface area is 111 Å². The third-order valence-electron chi connectivity index (χ3n) is 1.31. The van der Waals surface area contributed by atoms with Gasteiger partial charge >= 0.3 is 30.8 Å². The van der Waals surface area contributed by atoms with Crippen molar-refractivity contribution in [2.45, 2.75) is 30.8 Å². The van der Waals surface area contributed by atoms with Crippen molar-refractivity contribution < 1.29 is 73.0 Å². The summed E-state index contributed by atoms with van der Waals surface area (Å²) in [6, 6.07) is 0. The van der Waals surface area contributed by atoms with Crippen molar-refractivity contribution in [2.75, 3.05) is 0 Å². The zero-order valence-corrected chi connectivity index (χ0v) is 9.44. The Kier molecular flexibility index (Phi) is 7.00. The van der Waals surface area contributed by atoms with Gasteiger partial charge in [-0.2, -0.15) is 39.5 Å². The first-order valence-corrected chi connectivity index (χ1v) is 3.95. The molecule has 0 aliphatic rings. The molecular formula is C5H4F11NO5. The molecule has 0 saturated heterocycles. The molecule has 0 heterocycles. The standard InChI is InChI=1S/C5HF11O5.H3N/c6-1(7,8)2(9,10)18-3(11,12)4(13,14)19-5(15,16)20-21-17;/h17H;1H3. The van der Waals surface area contributed by atoms with Crippen LogP contribution in [0.25, 0.3) is 0 Å². The molecule has 0 aliphatic heterocycles. The molecule has 4 N–H and O–H groups in total. The molecule has 22 heavy (non-hydrogen) atoms. The van der Waals surface area contributed by atoms with E-state index in [2.05, 4.69) is 9.93 Å². The Morgan fingerprint density at radius 2 is 0.955 bits per heavy atom. The average Bonchev–Trinajstić information content (AvgIpc) is 2.10. The molecule has 6 nitrogen and oxygen atoms in total. The minimum Gasteiger partial charge on any atom is -0.344 e. The maximum absolute atomic E-state index is 12.4. The Balaban J connectivity index is 0. The van der Waals surface area contributed by atoms with Crippen LogP contribution in [-0.4, -0.2) is 36.1 Å². The van der Waals surface area contributed by atoms with Gasteiger partial charge in [0.15, 0.2) is 0 Å². The molecule has 0 aliphatic carbocycles. The molecule has 0 amide bonds. The predicted octanol–water partition coefficient (Wildman–Crippen LogP) is 3.49. The van der Waals surface area contributed by atoms with Crippen LogP contribution in [0.5, 0.6) is 0 Å². The van der Waals surface area contributed by atoms with Gasteiger partial charge in [-0.05, 0) is 0 Å². The van der Waals surface area contributed by atoms with Gasteiger partial charge in [-0.15, -0.1) is 13.7 Å². The highest BCUT2D eigenvalue weighted by atomic mass is 19.4. The van der Waals surface area contributed by atoms with Crippen LogP contribution >= 0.6 is 0 Å². The predicted molar refractivity (Wildman–Crippen MR) is 37.8 cm³/mol. The maximum atomic E-state index is 12.4. The van der Waals surface area contributed by atoms with E-state index in [1.54, 1.807) is 0 Å². The SMILES string of the molecule is N.OOOC(F)(F)OC(F)(F)C(F)(F)OC(F)(F)C(F)(F)F. The van der Waals surface area contributed by atoms with Crippen LogP contribution in [0, 0.1) is 0 Å². The van der Waals surface area contributed by atoms with Crippen LogP contribution in [0.4, 0.5) is 48.3 Å². The fraction of sp³-hybridized carbons (Fsp3) is 1.00. The smallest absolute Gasteiger partial charge is 0.344 e. The highest BCUT2D eigenvalue weighted by Gasteiger charge is 2.73. The van der Waals surface area contributed by atoms with Crippen LogP contribution in [0.3, 0.4) is 0 Å². The lowest BCUT2D eigenvalue weighted by Crippen LogP contribution is -2.55. The van der Waals surface area contributed by atoms with Crippen LogP contribution in [-0.2, 0) is 19.4 Å². The summed E-state index contributed by atoms with van der Waals surface area (Å²) in [5, 5.41) is 9.38. The molecule has 0 aromatic rings. The Bertz CT molecular complexity index is 357. The van der Waals surface area contributed by atoms with E-state index in [-0.39, 0.29) is 6.15 Å². The monoisotopic (exact) mass is 367 g/mol. The summed E-state index contributed by atoms with van der Waals surface area (Å²) in [7, 11) is 0. The molecule has 0 rings (SSSR count). The molecule has 0 fully saturated rings. The van der Waals surface area contributed by atoms with E-state index in [4.69, 9.17) is 5.26 Å². The number of rotatable bonds is 7. The molecule has 0 unspecified atom stereocenters. The van der Waals surface area contributed by atoms with Gasteiger partial charge in [0, 0.05) is 0 Å². The van der Waals surface area contributed by atoms with E-state index >= 15 is 0 Å². The lowest BCUT2D eigenvalue weighted by Gasteiger charge is -2.30. The van der Waals surface area contributed by atoms with Crippen LogP contribution < -0.4 is 6.15 Å². The van der Waals surface area contributed by atoms with Crippen molar-refractivity contribution in [2.24, 2.45) is 0 Å². The fourth-order valence-electron chi connectivity index (χ4n) is 0.547. The van der Waals surface area contributed by atoms with E-state index in [1.165, 1.54) is 4.74 Å². The number of halogens is 11. The van der Waals surface area contributed by atoms with Gasteiger partial charge in [-0.1, -0.05) is 5.04 Å². The Morgan fingerprint density at radius 1 is 0.591 bits per heavy atom. The molecule has 0 aromatic carbocycles. The average molecular weight is 367 g/mol. The summed E-state index contributed by atoms with van der Waals surface area (Å²) in [6.45, 7) is 0. The number of hydrogen-bond donors (Lipinski definition) is 2. The minimum atomic E-state index is -6.88. The lowest BCUT2D eigenvalue weighted by molar-refractivity contribution is -0.643. The van der Waals surface area contributed by atoms with Crippen molar-refractivity contribution in [3.8, 4) is 0 Å². The minimum absolute atomic E-state index is 0. The first-order chi connectivity index (χ1) is 8.97. The van der Waals surface area contributed by atoms with E-state index in [1.807, 2.05) is 4.74 Å². The second kappa shape index (κ2) is 6.62. The van der Waals surface area contributed by atoms with Crippen LogP contribution in [0.15, 0.2) is 0 Å². The highest BCUT2D eigenvalue weighted by molar-refractivity contribution is 4.74. The molecule has 0 spiro atoms. The largest absolute Gasteiger partial charge is 0.519 e. The van der Waals surface area contributed by atoms with Gasteiger partial charge in [-0.25, -0.2) is 14.7 Å². The topological polar surface area (TPSA) is 92.2 Å². The quantitative estimate of drug-likeness (QED) is 0.310. The summed E-state index contributed by atoms with van der Waals surface area (Å²) in [5.74, 6) is 0. The number of ether oxygens (including phenoxy) is 2. The summed E-state index contributed by atoms with van der Waals surface area (Å²) >= 11 is 0. The van der Waals surface area contributed by atoms with Gasteiger partial charge in [0.2, 0.25) is 0 Å². The molecule has 0 radical (unpaired) electrons. The molecule has 0 bridgehead atoms. The van der Waals surface area contributed by atoms with Gasteiger partial charge in [0.25, 0.3) is 0 Å². The third kappa shape index (κ3) is 5.65. The van der Waals surface area contributed by atoms with E-state index in [0.717, 1.165) is 0 Å². The van der Waals surface area contributed by atoms with Crippen LogP contribution in [0.2, 0.25) is 0 Å².